The van der Waals surface area contributed by atoms with Crippen molar-refractivity contribution < 1.29 is 34.2 Å². The van der Waals surface area contributed by atoms with Crippen LogP contribution in [0.1, 0.15) is 38.3 Å². The minimum Gasteiger partial charge on any atom is -0.481 e. The van der Waals surface area contributed by atoms with Gasteiger partial charge in [-0.2, -0.15) is 0 Å². The number of carboxylic acid groups (broad SMARTS) is 2. The Morgan fingerprint density at radius 1 is 1.00 bits per heavy atom. The first kappa shape index (κ1) is 29.8. The Bertz CT molecular complexity index is 930. The summed E-state index contributed by atoms with van der Waals surface area (Å²) < 4.78 is 0. The lowest BCUT2D eigenvalue weighted by Gasteiger charge is -2.24. The molecule has 1 aromatic rings. The number of imidazole rings is 1. The van der Waals surface area contributed by atoms with Crippen molar-refractivity contribution >= 4 is 35.6 Å². The maximum Gasteiger partial charge on any atom is 0.326 e. The van der Waals surface area contributed by atoms with E-state index in [1.165, 1.54) is 19.4 Å². The first-order chi connectivity index (χ1) is 16.9. The number of nitrogens with one attached hydrogen (secondary N) is 4. The number of aromatic amines is 1. The summed E-state index contributed by atoms with van der Waals surface area (Å²) in [5.74, 6) is -5.05. The third-order valence-electron chi connectivity index (χ3n) is 4.87. The average Bonchev–Trinajstić information content (AvgIpc) is 3.30. The van der Waals surface area contributed by atoms with Gasteiger partial charge in [-0.15, -0.1) is 0 Å². The molecule has 12 N–H and O–H groups in total. The zero-order chi connectivity index (χ0) is 27.3. The summed E-state index contributed by atoms with van der Waals surface area (Å²) in [4.78, 5) is 70.9. The van der Waals surface area contributed by atoms with Crippen LogP contribution in [0, 0.1) is 0 Å². The quantitative estimate of drug-likeness (QED) is 0.0603. The van der Waals surface area contributed by atoms with E-state index in [0.717, 1.165) is 0 Å². The van der Waals surface area contributed by atoms with E-state index in [1.54, 1.807) is 0 Å². The van der Waals surface area contributed by atoms with Gasteiger partial charge >= 0.3 is 11.9 Å². The van der Waals surface area contributed by atoms with Gasteiger partial charge in [-0.3, -0.25) is 24.2 Å². The molecule has 200 valence electrons. The smallest absolute Gasteiger partial charge is 0.326 e. The normalized spacial score (nSPS) is 13.9. The number of carbonyl (C=O) groups excluding carboxylic acids is 3. The molecule has 1 heterocycles. The van der Waals surface area contributed by atoms with E-state index >= 15 is 0 Å². The summed E-state index contributed by atoms with van der Waals surface area (Å²) in [6.07, 6.45) is 2.15. The summed E-state index contributed by atoms with van der Waals surface area (Å²) in [5.41, 5.74) is 16.5. The lowest BCUT2D eigenvalue weighted by Crippen LogP contribution is -2.57. The van der Waals surface area contributed by atoms with Gasteiger partial charge < -0.3 is 48.3 Å². The third-order valence-corrected chi connectivity index (χ3v) is 4.87. The molecular formula is C20H33N9O7. The number of carbonyl (C=O) groups is 5. The molecule has 36 heavy (non-hydrogen) atoms. The van der Waals surface area contributed by atoms with Crippen LogP contribution in [0.2, 0.25) is 0 Å². The summed E-state index contributed by atoms with van der Waals surface area (Å²) in [6.45, 7) is 1.58. The third kappa shape index (κ3) is 11.3. The molecule has 4 atom stereocenters. The van der Waals surface area contributed by atoms with Gasteiger partial charge in [-0.1, -0.05) is 0 Å². The van der Waals surface area contributed by atoms with Crippen LogP contribution in [0.25, 0.3) is 0 Å². The highest BCUT2D eigenvalue weighted by atomic mass is 16.4. The molecule has 4 unspecified atom stereocenters. The lowest BCUT2D eigenvalue weighted by molar-refractivity contribution is -0.143. The second-order valence-electron chi connectivity index (χ2n) is 7.97. The maximum absolute atomic E-state index is 13.0. The number of rotatable bonds is 16. The number of aliphatic imine (C=N–C) groups is 1. The van der Waals surface area contributed by atoms with E-state index in [9.17, 15) is 29.1 Å². The van der Waals surface area contributed by atoms with Gasteiger partial charge in [0.1, 0.15) is 18.1 Å². The molecule has 1 rings (SSSR count). The maximum atomic E-state index is 13.0. The van der Waals surface area contributed by atoms with Crippen LogP contribution in [0.4, 0.5) is 0 Å². The molecule has 0 saturated heterocycles. The van der Waals surface area contributed by atoms with E-state index in [1.807, 2.05) is 0 Å². The molecule has 3 amide bonds. The van der Waals surface area contributed by atoms with Crippen LogP contribution in [0.3, 0.4) is 0 Å². The van der Waals surface area contributed by atoms with Crippen LogP contribution in [-0.2, 0) is 30.4 Å². The Balaban J connectivity index is 3.00. The largest absolute Gasteiger partial charge is 0.481 e. The predicted molar refractivity (Wildman–Crippen MR) is 126 cm³/mol. The minimum atomic E-state index is -1.40. The molecule has 0 aromatic carbocycles. The van der Waals surface area contributed by atoms with E-state index in [2.05, 4.69) is 30.9 Å². The first-order valence-electron chi connectivity index (χ1n) is 11.0. The number of guanidine groups is 1. The fourth-order valence-electron chi connectivity index (χ4n) is 2.97. The Kier molecular flexibility index (Phi) is 12.4. The van der Waals surface area contributed by atoms with E-state index in [0.29, 0.717) is 5.69 Å². The van der Waals surface area contributed by atoms with Gasteiger partial charge in [0, 0.05) is 31.3 Å². The number of amides is 3. The summed E-state index contributed by atoms with van der Waals surface area (Å²) in [7, 11) is 0. The fourth-order valence-corrected chi connectivity index (χ4v) is 2.97. The Labute approximate surface area is 206 Å². The van der Waals surface area contributed by atoms with Crippen molar-refractivity contribution in [1.29, 1.82) is 0 Å². The van der Waals surface area contributed by atoms with Gasteiger partial charge in [0.25, 0.3) is 0 Å². The number of aromatic nitrogens is 2. The number of aliphatic carboxylic acids is 2. The number of hydrogen-bond donors (Lipinski definition) is 9. The van der Waals surface area contributed by atoms with Crippen molar-refractivity contribution in [2.24, 2.45) is 22.2 Å². The summed E-state index contributed by atoms with van der Waals surface area (Å²) in [6, 6.07) is -4.85. The molecule has 0 fully saturated rings. The number of hydrogen-bond acceptors (Lipinski definition) is 8. The monoisotopic (exact) mass is 511 g/mol. The SMILES string of the molecule is CC(N)C(=O)NC(CCCN=C(N)N)C(=O)NC(CCC(=O)O)C(=O)NC(Cc1cnc[nH]1)C(=O)O. The summed E-state index contributed by atoms with van der Waals surface area (Å²) in [5, 5.41) is 25.7. The molecule has 16 nitrogen and oxygen atoms in total. The highest BCUT2D eigenvalue weighted by Crippen LogP contribution is 2.06. The number of nitrogens with zero attached hydrogens (tertiary/aromatic N) is 2. The van der Waals surface area contributed by atoms with Gasteiger partial charge in [0.05, 0.1) is 12.4 Å². The second-order valence-corrected chi connectivity index (χ2v) is 7.97. The predicted octanol–water partition coefficient (Wildman–Crippen LogP) is -3.24. The van der Waals surface area contributed by atoms with Crippen LogP contribution < -0.4 is 33.2 Å². The van der Waals surface area contributed by atoms with Crippen LogP contribution in [0.5, 0.6) is 0 Å². The highest BCUT2D eigenvalue weighted by Gasteiger charge is 2.30. The fraction of sp³-hybridized carbons (Fsp3) is 0.550. The number of carboxylic acids is 2. The second kappa shape index (κ2) is 14.9. The van der Waals surface area contributed by atoms with Crippen LogP contribution in [0.15, 0.2) is 17.5 Å². The average molecular weight is 512 g/mol. The molecule has 0 radical (unpaired) electrons. The van der Waals surface area contributed by atoms with Gasteiger partial charge in [-0.25, -0.2) is 9.78 Å². The van der Waals surface area contributed by atoms with Crippen molar-refractivity contribution in [2.45, 2.75) is 63.2 Å². The van der Waals surface area contributed by atoms with Crippen LogP contribution >= 0.6 is 0 Å². The zero-order valence-electron chi connectivity index (χ0n) is 19.8. The van der Waals surface area contributed by atoms with Crippen molar-refractivity contribution in [2.75, 3.05) is 6.54 Å². The van der Waals surface area contributed by atoms with E-state index in [4.69, 9.17) is 22.3 Å². The van der Waals surface area contributed by atoms with E-state index < -0.39 is 60.2 Å². The van der Waals surface area contributed by atoms with Crippen LogP contribution in [-0.4, -0.2) is 86.5 Å². The standard InChI is InChI=1S/C20H33N9O7/c1-10(21)16(32)27-12(3-2-6-25-20(22)23)17(33)28-13(4-5-15(30)31)18(34)29-14(19(35)36)7-11-8-24-9-26-11/h8-10,12-14H,2-7,21H2,1H3,(H,24,26)(H,27,32)(H,28,33)(H,29,34)(H,30,31)(H,35,36)(H4,22,23,25). The first-order valence-corrected chi connectivity index (χ1v) is 11.0. The Morgan fingerprint density at radius 3 is 2.08 bits per heavy atom. The number of H-pyrrole nitrogens is 1. The Morgan fingerprint density at radius 2 is 1.58 bits per heavy atom. The molecule has 0 saturated carbocycles. The molecule has 0 aliphatic carbocycles. The lowest BCUT2D eigenvalue weighted by atomic mass is 10.1. The van der Waals surface area contributed by atoms with Gasteiger partial charge in [0.15, 0.2) is 5.96 Å². The van der Waals surface area contributed by atoms with Crippen molar-refractivity contribution in [3.8, 4) is 0 Å². The van der Waals surface area contributed by atoms with Crippen molar-refractivity contribution in [3.63, 3.8) is 0 Å². The van der Waals surface area contributed by atoms with Crippen molar-refractivity contribution in [1.82, 2.24) is 25.9 Å². The molecule has 1 aromatic heterocycles. The number of nitrogens with two attached hydrogens (primary N) is 3. The minimum absolute atomic E-state index is 0.0753. The molecule has 0 spiro atoms. The Hall–Kier alpha value is -4.21. The van der Waals surface area contributed by atoms with E-state index in [-0.39, 0.29) is 38.2 Å². The van der Waals surface area contributed by atoms with Gasteiger partial charge in [-0.05, 0) is 26.2 Å². The van der Waals surface area contributed by atoms with Gasteiger partial charge in [0.2, 0.25) is 17.7 Å². The topological polar surface area (TPSA) is 281 Å². The molecule has 0 bridgehead atoms. The van der Waals surface area contributed by atoms with Crippen molar-refractivity contribution in [3.05, 3.63) is 18.2 Å². The zero-order valence-corrected chi connectivity index (χ0v) is 19.8. The highest BCUT2D eigenvalue weighted by molar-refractivity contribution is 5.94. The molecular weight excluding hydrogens is 478 g/mol. The molecule has 0 aliphatic rings. The molecule has 0 aliphatic heterocycles. The summed E-state index contributed by atoms with van der Waals surface area (Å²) >= 11 is 0. The molecule has 16 heteroatoms.